The van der Waals surface area contributed by atoms with Crippen molar-refractivity contribution in [1.29, 1.82) is 0 Å². The molecule has 1 heterocycles. The second kappa shape index (κ2) is 1.62. The number of benzene rings is 1. The largest absolute Gasteiger partial charge is 0.263 e. The lowest BCUT2D eigenvalue weighted by molar-refractivity contribution is 1.39. The van der Waals surface area contributed by atoms with Crippen LogP contribution in [0.5, 0.6) is 0 Å². The summed E-state index contributed by atoms with van der Waals surface area (Å²) in [5.74, 6) is 0. The van der Waals surface area contributed by atoms with Crippen LogP contribution < -0.4 is 15.8 Å². The summed E-state index contributed by atoms with van der Waals surface area (Å²) in [4.78, 5) is 0. The zero-order valence-electron chi connectivity index (χ0n) is 4.91. The predicted octanol–water partition coefficient (Wildman–Crippen LogP) is -0.219. The van der Waals surface area contributed by atoms with Crippen LogP contribution in [0.4, 0.5) is 0 Å². The smallest absolute Gasteiger partial charge is 0.0347 e. The molecule has 1 aromatic carbocycles. The molecule has 0 unspecified atom stereocenters. The van der Waals surface area contributed by atoms with Gasteiger partial charge in [-0.15, -0.1) is 0 Å². The van der Waals surface area contributed by atoms with E-state index in [1.54, 1.807) is 0 Å². The Balaban J connectivity index is 2.97. The molecule has 0 aromatic heterocycles. The third-order valence-electron chi connectivity index (χ3n) is 1.42. The van der Waals surface area contributed by atoms with Gasteiger partial charge in [-0.1, -0.05) is 24.3 Å². The first kappa shape index (κ1) is 4.62. The molecule has 1 aliphatic heterocycles. The quantitative estimate of drug-likeness (QED) is 0.445. The molecule has 9 heavy (non-hydrogen) atoms. The van der Waals surface area contributed by atoms with Gasteiger partial charge in [0.25, 0.3) is 0 Å². The fourth-order valence-electron chi connectivity index (χ4n) is 0.944. The molecule has 1 radical (unpaired) electrons. The first-order valence-corrected chi connectivity index (χ1v) is 2.92. The Morgan fingerprint density at radius 2 is 1.44 bits per heavy atom. The molecule has 0 fully saturated rings. The molecule has 1 aliphatic rings. The third kappa shape index (κ3) is 0.617. The van der Waals surface area contributed by atoms with Crippen LogP contribution in [0.1, 0.15) is 0 Å². The van der Waals surface area contributed by atoms with E-state index in [1.807, 2.05) is 24.5 Å². The van der Waals surface area contributed by atoms with Gasteiger partial charge in [-0.2, -0.15) is 0 Å². The Morgan fingerprint density at radius 1 is 0.889 bits per heavy atom. The summed E-state index contributed by atoms with van der Waals surface area (Å²) in [6, 6.07) is 8.15. The molecule has 0 atom stereocenters. The van der Waals surface area contributed by atoms with E-state index in [4.69, 9.17) is 0 Å². The number of nitrogens with zero attached hydrogens (tertiary/aromatic N) is 1. The molecule has 0 saturated carbocycles. The van der Waals surface area contributed by atoms with Gasteiger partial charge in [0.2, 0.25) is 0 Å². The molecule has 0 saturated heterocycles. The van der Waals surface area contributed by atoms with Gasteiger partial charge in [-0.05, 0) is 0 Å². The Bertz CT molecular complexity index is 292. The lowest BCUT2D eigenvalue weighted by atomic mass is 10.3. The van der Waals surface area contributed by atoms with Crippen molar-refractivity contribution in [3.63, 3.8) is 0 Å². The molecule has 0 aliphatic carbocycles. The summed E-state index contributed by atoms with van der Waals surface area (Å²) in [6.45, 7) is 0. The zero-order chi connectivity index (χ0) is 6.10. The highest BCUT2D eigenvalue weighted by Crippen LogP contribution is 1.76. The summed E-state index contributed by atoms with van der Waals surface area (Å²) < 4.78 is 0. The molecule has 43 valence electrons. The monoisotopic (exact) mass is 116 g/mol. The van der Waals surface area contributed by atoms with Crippen LogP contribution >= 0.6 is 0 Å². The number of hydrogen-bond donors (Lipinski definition) is 0. The maximum absolute atomic E-state index is 4.00. The van der Waals surface area contributed by atoms with Crippen LogP contribution in [-0.2, 0) is 0 Å². The van der Waals surface area contributed by atoms with E-state index in [-0.39, 0.29) is 0 Å². The molecule has 0 N–H and O–H groups in total. The molecule has 1 aromatic rings. The highest BCUT2D eigenvalue weighted by molar-refractivity contribution is 5.41. The van der Waals surface area contributed by atoms with Crippen molar-refractivity contribution < 1.29 is 0 Å². The van der Waals surface area contributed by atoms with Crippen LogP contribution in [0.25, 0.3) is 12.4 Å². The van der Waals surface area contributed by atoms with Crippen molar-refractivity contribution in [2.75, 3.05) is 0 Å². The van der Waals surface area contributed by atoms with E-state index in [9.17, 15) is 0 Å². The van der Waals surface area contributed by atoms with Crippen LogP contribution in [-0.4, -0.2) is 0 Å². The highest BCUT2D eigenvalue weighted by atomic mass is 14.8. The van der Waals surface area contributed by atoms with E-state index in [2.05, 4.69) is 17.4 Å². The average molecular weight is 116 g/mol. The van der Waals surface area contributed by atoms with E-state index in [1.165, 1.54) is 10.4 Å². The Morgan fingerprint density at radius 3 is 2.00 bits per heavy atom. The van der Waals surface area contributed by atoms with Crippen molar-refractivity contribution in [1.82, 2.24) is 5.32 Å². The van der Waals surface area contributed by atoms with Crippen LogP contribution in [0, 0.1) is 0 Å². The predicted molar refractivity (Wildman–Crippen MR) is 36.8 cm³/mol. The van der Waals surface area contributed by atoms with Gasteiger partial charge in [-0.25, -0.2) is 0 Å². The minimum Gasteiger partial charge on any atom is -0.263 e. The number of rotatable bonds is 0. The second-order valence-corrected chi connectivity index (χ2v) is 2.04. The molecule has 0 bridgehead atoms. The molecule has 1 nitrogen and oxygen atoms in total. The van der Waals surface area contributed by atoms with Gasteiger partial charge in [0, 0.05) is 22.8 Å². The lowest BCUT2D eigenvalue weighted by Crippen LogP contribution is -2.19. The van der Waals surface area contributed by atoms with Crippen molar-refractivity contribution in [2.24, 2.45) is 0 Å². The minimum absolute atomic E-state index is 1.22. The number of hydrogen-bond acceptors (Lipinski definition) is 0. The Kier molecular flexibility index (Phi) is 0.833. The molecule has 2 rings (SSSR count). The minimum atomic E-state index is 1.22. The van der Waals surface area contributed by atoms with Gasteiger partial charge < -0.3 is 0 Å². The summed E-state index contributed by atoms with van der Waals surface area (Å²) in [5, 5.41) is 6.44. The lowest BCUT2D eigenvalue weighted by Gasteiger charge is -1.77. The fourth-order valence-corrected chi connectivity index (χ4v) is 0.944. The van der Waals surface area contributed by atoms with Gasteiger partial charge in [0.1, 0.15) is 0 Å². The van der Waals surface area contributed by atoms with Crippen molar-refractivity contribution >= 4 is 12.4 Å². The van der Waals surface area contributed by atoms with Crippen molar-refractivity contribution in [3.8, 4) is 0 Å². The van der Waals surface area contributed by atoms with Gasteiger partial charge in [-0.3, -0.25) is 5.32 Å². The molecular formula is C8H6N. The number of fused-ring (bicyclic) bond motifs is 1. The van der Waals surface area contributed by atoms with E-state index < -0.39 is 0 Å². The van der Waals surface area contributed by atoms with E-state index in [0.717, 1.165) is 0 Å². The molecule has 0 amide bonds. The Labute approximate surface area is 53.3 Å². The SMILES string of the molecule is C1=c2ccccc2=C[N]1. The van der Waals surface area contributed by atoms with Gasteiger partial charge in [0.15, 0.2) is 0 Å². The third-order valence-corrected chi connectivity index (χ3v) is 1.42. The molecule has 1 heteroatoms. The fraction of sp³-hybridized carbons (Fsp3) is 0. The average Bonchev–Trinajstić information content (AvgIpc) is 2.33. The normalized spacial score (nSPS) is 12.9. The Hall–Kier alpha value is -1.24. The van der Waals surface area contributed by atoms with Crippen LogP contribution in [0.15, 0.2) is 24.3 Å². The van der Waals surface area contributed by atoms with Gasteiger partial charge in [0.05, 0.1) is 0 Å². The standard InChI is InChI=1S/C8H6N/c1-2-4-8-6-9-5-7(8)3-1/h1-6H. The summed E-state index contributed by atoms with van der Waals surface area (Å²) >= 11 is 0. The summed E-state index contributed by atoms with van der Waals surface area (Å²) in [7, 11) is 0. The maximum Gasteiger partial charge on any atom is 0.0347 e. The van der Waals surface area contributed by atoms with Crippen molar-refractivity contribution in [2.45, 2.75) is 0 Å². The van der Waals surface area contributed by atoms with Crippen LogP contribution in [0.3, 0.4) is 0 Å². The van der Waals surface area contributed by atoms with E-state index in [0.29, 0.717) is 0 Å². The van der Waals surface area contributed by atoms with Crippen LogP contribution in [0.2, 0.25) is 0 Å². The summed E-state index contributed by atoms with van der Waals surface area (Å²) in [5.41, 5.74) is 0. The van der Waals surface area contributed by atoms with Gasteiger partial charge >= 0.3 is 0 Å². The summed E-state index contributed by atoms with van der Waals surface area (Å²) in [6.07, 6.45) is 3.74. The van der Waals surface area contributed by atoms with E-state index >= 15 is 0 Å². The zero-order valence-corrected chi connectivity index (χ0v) is 4.91. The van der Waals surface area contributed by atoms with Crippen molar-refractivity contribution in [3.05, 3.63) is 34.7 Å². The molecule has 0 spiro atoms. The highest BCUT2D eigenvalue weighted by Gasteiger charge is 1.88. The second-order valence-electron chi connectivity index (χ2n) is 2.04. The molecular weight excluding hydrogens is 110 g/mol. The first-order chi connectivity index (χ1) is 4.47. The topological polar surface area (TPSA) is 14.1 Å². The maximum atomic E-state index is 4.00. The first-order valence-electron chi connectivity index (χ1n) is 2.92.